The number of halogens is 1. The second-order valence-corrected chi connectivity index (χ2v) is 6.44. The fourth-order valence-corrected chi connectivity index (χ4v) is 3.40. The topological polar surface area (TPSA) is 59.0 Å². The summed E-state index contributed by atoms with van der Waals surface area (Å²) in [6, 6.07) is 8.73. The Bertz CT molecular complexity index is 791. The van der Waals surface area contributed by atoms with Crippen LogP contribution in [0.2, 0.25) is 0 Å². The molecule has 0 saturated heterocycles. The van der Waals surface area contributed by atoms with Gasteiger partial charge in [-0.25, -0.2) is 0 Å². The third-order valence-electron chi connectivity index (χ3n) is 4.15. The normalized spacial score (nSPS) is 12.9. The lowest BCUT2D eigenvalue weighted by molar-refractivity contribution is -0.117. The van der Waals surface area contributed by atoms with Gasteiger partial charge in [0.05, 0.1) is 20.6 Å². The van der Waals surface area contributed by atoms with E-state index in [1.54, 1.807) is 43.4 Å². The zero-order valence-electron chi connectivity index (χ0n) is 13.5. The minimum atomic E-state index is 0.00681. The molecule has 1 aliphatic heterocycles. The lowest BCUT2D eigenvalue weighted by Crippen LogP contribution is -2.30. The fourth-order valence-electron chi connectivity index (χ4n) is 2.94. The van der Waals surface area contributed by atoms with Crippen molar-refractivity contribution in [2.24, 2.45) is 0 Å². The summed E-state index contributed by atoms with van der Waals surface area (Å²) in [5.41, 5.74) is 2.70. The molecular formula is C18H18BrNO4. The van der Waals surface area contributed by atoms with E-state index < -0.39 is 0 Å². The number of aromatic hydroxyl groups is 1. The first-order valence-corrected chi connectivity index (χ1v) is 8.35. The van der Waals surface area contributed by atoms with Crippen LogP contribution in [0.3, 0.4) is 0 Å². The molecule has 2 aromatic rings. The first kappa shape index (κ1) is 16.6. The first-order valence-electron chi connectivity index (χ1n) is 7.56. The molecule has 0 unspecified atom stereocenters. The smallest absolute Gasteiger partial charge is 0.231 e. The summed E-state index contributed by atoms with van der Waals surface area (Å²) < 4.78 is 11.4. The van der Waals surface area contributed by atoms with Crippen molar-refractivity contribution in [3.63, 3.8) is 0 Å². The van der Waals surface area contributed by atoms with Crippen LogP contribution < -0.4 is 14.4 Å². The fraction of sp³-hybridized carbons (Fsp3) is 0.278. The van der Waals surface area contributed by atoms with E-state index in [0.717, 1.165) is 27.7 Å². The molecule has 126 valence electrons. The third-order valence-corrected chi connectivity index (χ3v) is 4.89. The number of fused-ring (bicyclic) bond motifs is 1. The quantitative estimate of drug-likeness (QED) is 0.868. The summed E-state index contributed by atoms with van der Waals surface area (Å²) in [5, 5.41) is 9.56. The number of hydrogen-bond donors (Lipinski definition) is 1. The number of rotatable bonds is 4. The molecule has 6 heteroatoms. The molecule has 0 fully saturated rings. The van der Waals surface area contributed by atoms with Crippen molar-refractivity contribution in [1.82, 2.24) is 0 Å². The maximum Gasteiger partial charge on any atom is 0.231 e. The Balaban J connectivity index is 1.84. The number of anilines is 1. The molecule has 1 heterocycles. The molecular weight excluding hydrogens is 374 g/mol. The predicted molar refractivity (Wildman–Crippen MR) is 95.1 cm³/mol. The molecule has 0 spiro atoms. The number of amides is 1. The average Bonchev–Trinajstić information content (AvgIpc) is 2.99. The van der Waals surface area contributed by atoms with E-state index in [2.05, 4.69) is 15.9 Å². The van der Waals surface area contributed by atoms with Crippen LogP contribution >= 0.6 is 15.9 Å². The van der Waals surface area contributed by atoms with Crippen LogP contribution in [-0.4, -0.2) is 31.8 Å². The Kier molecular flexibility index (Phi) is 4.66. The molecule has 3 rings (SSSR count). The van der Waals surface area contributed by atoms with Crippen LogP contribution in [0.4, 0.5) is 5.69 Å². The summed E-state index contributed by atoms with van der Waals surface area (Å²) >= 11 is 3.49. The van der Waals surface area contributed by atoms with Crippen LogP contribution in [0, 0.1) is 0 Å². The number of benzene rings is 2. The van der Waals surface area contributed by atoms with Crippen molar-refractivity contribution in [3.8, 4) is 17.2 Å². The van der Waals surface area contributed by atoms with Gasteiger partial charge in [0, 0.05) is 16.7 Å². The maximum atomic E-state index is 12.7. The number of nitrogens with zero attached hydrogens (tertiary/aromatic N) is 1. The number of hydrogen-bond acceptors (Lipinski definition) is 4. The second kappa shape index (κ2) is 6.73. The van der Waals surface area contributed by atoms with Gasteiger partial charge in [-0.3, -0.25) is 4.79 Å². The van der Waals surface area contributed by atoms with E-state index in [1.807, 2.05) is 6.07 Å². The molecule has 0 saturated carbocycles. The number of ether oxygens (including phenoxy) is 2. The lowest BCUT2D eigenvalue weighted by Gasteiger charge is -2.18. The van der Waals surface area contributed by atoms with Gasteiger partial charge in [-0.1, -0.05) is 15.9 Å². The monoisotopic (exact) mass is 391 g/mol. The number of phenolic OH excluding ortho intramolecular Hbond substituents is 1. The predicted octanol–water partition coefficient (Wildman–Crippen LogP) is 3.30. The molecule has 1 N–H and O–H groups in total. The highest BCUT2D eigenvalue weighted by molar-refractivity contribution is 9.10. The standard InChI is InChI=1S/C18H18BrNO4/c1-23-16-8-12(14(19)10-17(16)24-2)9-18(22)20-6-5-11-7-13(21)3-4-15(11)20/h3-4,7-8,10,21H,5-6,9H2,1-2H3. The van der Waals surface area contributed by atoms with Crippen molar-refractivity contribution in [3.05, 3.63) is 45.9 Å². The van der Waals surface area contributed by atoms with E-state index in [9.17, 15) is 9.90 Å². The number of carbonyl (C=O) groups is 1. The average molecular weight is 392 g/mol. The zero-order valence-corrected chi connectivity index (χ0v) is 15.1. The maximum absolute atomic E-state index is 12.7. The number of carbonyl (C=O) groups excluding carboxylic acids is 1. The van der Waals surface area contributed by atoms with Gasteiger partial charge < -0.3 is 19.5 Å². The van der Waals surface area contributed by atoms with Gasteiger partial charge in [-0.15, -0.1) is 0 Å². The molecule has 1 aliphatic rings. The number of methoxy groups -OCH3 is 2. The van der Waals surface area contributed by atoms with Crippen molar-refractivity contribution in [2.45, 2.75) is 12.8 Å². The SMILES string of the molecule is COc1cc(Br)c(CC(=O)N2CCc3cc(O)ccc32)cc1OC. The summed E-state index contributed by atoms with van der Waals surface area (Å²) in [5.74, 6) is 1.44. The van der Waals surface area contributed by atoms with Crippen LogP contribution in [0.25, 0.3) is 0 Å². The van der Waals surface area contributed by atoms with Gasteiger partial charge in [0.1, 0.15) is 5.75 Å². The molecule has 1 amide bonds. The molecule has 0 bridgehead atoms. The molecule has 24 heavy (non-hydrogen) atoms. The zero-order chi connectivity index (χ0) is 17.3. The van der Waals surface area contributed by atoms with Crippen molar-refractivity contribution in [2.75, 3.05) is 25.7 Å². The van der Waals surface area contributed by atoms with Gasteiger partial charge in [0.25, 0.3) is 0 Å². The van der Waals surface area contributed by atoms with E-state index >= 15 is 0 Å². The summed E-state index contributed by atoms with van der Waals surface area (Å²) in [6.07, 6.45) is 1.00. The Morgan fingerprint density at radius 2 is 1.92 bits per heavy atom. The molecule has 0 atom stereocenters. The van der Waals surface area contributed by atoms with Crippen molar-refractivity contribution in [1.29, 1.82) is 0 Å². The van der Waals surface area contributed by atoms with Gasteiger partial charge in [-0.05, 0) is 47.9 Å². The van der Waals surface area contributed by atoms with E-state index in [4.69, 9.17) is 9.47 Å². The Hall–Kier alpha value is -2.21. The second-order valence-electron chi connectivity index (χ2n) is 5.58. The van der Waals surface area contributed by atoms with Gasteiger partial charge in [0.15, 0.2) is 11.5 Å². The van der Waals surface area contributed by atoms with Crippen LogP contribution in [0.15, 0.2) is 34.8 Å². The largest absolute Gasteiger partial charge is 0.508 e. The minimum absolute atomic E-state index is 0.00681. The van der Waals surface area contributed by atoms with Crippen LogP contribution in [0.1, 0.15) is 11.1 Å². The highest BCUT2D eigenvalue weighted by atomic mass is 79.9. The highest BCUT2D eigenvalue weighted by Crippen LogP contribution is 2.35. The molecule has 0 radical (unpaired) electrons. The first-order chi connectivity index (χ1) is 11.5. The van der Waals surface area contributed by atoms with E-state index in [-0.39, 0.29) is 18.1 Å². The van der Waals surface area contributed by atoms with Crippen LogP contribution in [-0.2, 0) is 17.6 Å². The summed E-state index contributed by atoms with van der Waals surface area (Å²) in [6.45, 7) is 0.628. The van der Waals surface area contributed by atoms with Crippen molar-refractivity contribution < 1.29 is 19.4 Å². The Morgan fingerprint density at radius 3 is 2.62 bits per heavy atom. The number of phenols is 1. The molecule has 0 aromatic heterocycles. The minimum Gasteiger partial charge on any atom is -0.508 e. The van der Waals surface area contributed by atoms with Crippen molar-refractivity contribution >= 4 is 27.5 Å². The van der Waals surface area contributed by atoms with Gasteiger partial charge in [0.2, 0.25) is 5.91 Å². The van der Waals surface area contributed by atoms with E-state index in [0.29, 0.717) is 18.0 Å². The van der Waals surface area contributed by atoms with Gasteiger partial charge in [-0.2, -0.15) is 0 Å². The van der Waals surface area contributed by atoms with Crippen LogP contribution in [0.5, 0.6) is 17.2 Å². The summed E-state index contributed by atoms with van der Waals surface area (Å²) in [4.78, 5) is 14.5. The van der Waals surface area contributed by atoms with Gasteiger partial charge >= 0.3 is 0 Å². The Labute approximate surface area is 148 Å². The third kappa shape index (κ3) is 3.06. The molecule has 5 nitrogen and oxygen atoms in total. The molecule has 0 aliphatic carbocycles. The highest BCUT2D eigenvalue weighted by Gasteiger charge is 2.25. The Morgan fingerprint density at radius 1 is 1.21 bits per heavy atom. The summed E-state index contributed by atoms with van der Waals surface area (Å²) in [7, 11) is 3.15. The molecule has 2 aromatic carbocycles. The van der Waals surface area contributed by atoms with E-state index in [1.165, 1.54) is 0 Å². The lowest BCUT2D eigenvalue weighted by atomic mass is 10.1.